The van der Waals surface area contributed by atoms with Crippen molar-refractivity contribution in [1.82, 2.24) is 0 Å². The van der Waals surface area contributed by atoms with Crippen LogP contribution in [-0.4, -0.2) is 23.7 Å². The van der Waals surface area contributed by atoms with Crippen LogP contribution in [-0.2, 0) is 4.79 Å². The van der Waals surface area contributed by atoms with Crippen molar-refractivity contribution in [3.8, 4) is 6.07 Å². The van der Waals surface area contributed by atoms with Crippen molar-refractivity contribution < 1.29 is 14.3 Å². The first kappa shape index (κ1) is 14.0. The molecule has 0 heterocycles. The monoisotopic (exact) mass is 250 g/mol. The van der Waals surface area contributed by atoms with Gasteiger partial charge in [-0.1, -0.05) is 6.07 Å². The number of nitriles is 1. The Bertz CT molecular complexity index is 480. The van der Waals surface area contributed by atoms with Gasteiger partial charge in [-0.2, -0.15) is 5.26 Å². The fraction of sp³-hybridized carbons (Fsp3) is 0.385. The molecule has 5 heteroatoms. The Labute approximate surface area is 105 Å². The van der Waals surface area contributed by atoms with Gasteiger partial charge in [0, 0.05) is 12.6 Å². The summed E-state index contributed by atoms with van der Waals surface area (Å²) in [5.74, 6) is -1.51. The van der Waals surface area contributed by atoms with Gasteiger partial charge in [-0.3, -0.25) is 4.79 Å². The quantitative estimate of drug-likeness (QED) is 0.871. The Morgan fingerprint density at radius 3 is 2.72 bits per heavy atom. The van der Waals surface area contributed by atoms with Crippen LogP contribution in [0.25, 0.3) is 0 Å². The maximum Gasteiger partial charge on any atom is 0.305 e. The number of hydrogen-bond donors (Lipinski definition) is 1. The zero-order chi connectivity index (χ0) is 13.7. The van der Waals surface area contributed by atoms with Crippen molar-refractivity contribution in [2.75, 3.05) is 11.4 Å². The Hall–Kier alpha value is -2.09. The first-order valence-electron chi connectivity index (χ1n) is 5.64. The van der Waals surface area contributed by atoms with Crippen molar-refractivity contribution in [3.05, 3.63) is 29.6 Å². The summed E-state index contributed by atoms with van der Waals surface area (Å²) in [6.45, 7) is 3.98. The van der Waals surface area contributed by atoms with E-state index in [1.165, 1.54) is 12.1 Å². The van der Waals surface area contributed by atoms with E-state index >= 15 is 0 Å². The summed E-state index contributed by atoms with van der Waals surface area (Å²) in [6, 6.07) is 6.17. The van der Waals surface area contributed by atoms with Crippen molar-refractivity contribution >= 4 is 11.7 Å². The summed E-state index contributed by atoms with van der Waals surface area (Å²) in [5.41, 5.74) is 0.394. The van der Waals surface area contributed by atoms with E-state index in [0.717, 1.165) is 0 Å². The maximum absolute atomic E-state index is 13.5. The molecule has 1 rings (SSSR count). The molecule has 4 nitrogen and oxygen atoms in total. The number of carboxylic acids is 1. The number of hydrogen-bond acceptors (Lipinski definition) is 3. The molecule has 18 heavy (non-hydrogen) atoms. The van der Waals surface area contributed by atoms with E-state index in [2.05, 4.69) is 0 Å². The topological polar surface area (TPSA) is 64.3 Å². The number of rotatable bonds is 5. The molecule has 1 aromatic rings. The molecule has 0 aliphatic carbocycles. The number of aliphatic carboxylic acids is 1. The number of nitrogens with zero attached hydrogens (tertiary/aromatic N) is 2. The summed E-state index contributed by atoms with van der Waals surface area (Å²) >= 11 is 0. The van der Waals surface area contributed by atoms with Gasteiger partial charge in [-0.25, -0.2) is 4.39 Å². The number of carbonyl (C=O) groups is 1. The van der Waals surface area contributed by atoms with Crippen molar-refractivity contribution in [3.63, 3.8) is 0 Å². The summed E-state index contributed by atoms with van der Waals surface area (Å²) < 4.78 is 13.5. The largest absolute Gasteiger partial charge is 0.481 e. The molecule has 0 aliphatic rings. The van der Waals surface area contributed by atoms with E-state index in [1.807, 2.05) is 19.9 Å². The van der Waals surface area contributed by atoms with Gasteiger partial charge in [0.2, 0.25) is 0 Å². The third-order valence-corrected chi connectivity index (χ3v) is 2.60. The van der Waals surface area contributed by atoms with Gasteiger partial charge in [0.1, 0.15) is 17.4 Å². The smallest absolute Gasteiger partial charge is 0.305 e. The lowest BCUT2D eigenvalue weighted by Gasteiger charge is -2.29. The highest BCUT2D eigenvalue weighted by Crippen LogP contribution is 2.24. The highest BCUT2D eigenvalue weighted by Gasteiger charge is 2.17. The third kappa shape index (κ3) is 3.20. The van der Waals surface area contributed by atoms with Crippen LogP contribution >= 0.6 is 0 Å². The summed E-state index contributed by atoms with van der Waals surface area (Å²) in [7, 11) is 0. The summed E-state index contributed by atoms with van der Waals surface area (Å²) in [4.78, 5) is 12.3. The molecule has 0 spiro atoms. The molecule has 0 saturated carbocycles. The Morgan fingerprint density at radius 2 is 2.22 bits per heavy atom. The molecule has 0 saturated heterocycles. The Kier molecular flexibility index (Phi) is 4.67. The van der Waals surface area contributed by atoms with Gasteiger partial charge in [0.15, 0.2) is 0 Å². The number of carboxylic acid groups (broad SMARTS) is 1. The van der Waals surface area contributed by atoms with Crippen molar-refractivity contribution in [2.24, 2.45) is 0 Å². The fourth-order valence-corrected chi connectivity index (χ4v) is 1.74. The highest BCUT2D eigenvalue weighted by molar-refractivity contribution is 5.68. The van der Waals surface area contributed by atoms with E-state index < -0.39 is 11.8 Å². The van der Waals surface area contributed by atoms with Crippen LogP contribution in [0.1, 0.15) is 25.8 Å². The molecule has 0 unspecified atom stereocenters. The minimum atomic E-state index is -0.921. The predicted octanol–water partition coefficient (Wildman–Crippen LogP) is 2.39. The van der Waals surface area contributed by atoms with E-state index in [4.69, 9.17) is 10.4 Å². The van der Waals surface area contributed by atoms with Gasteiger partial charge in [-0.05, 0) is 26.0 Å². The first-order chi connectivity index (χ1) is 8.47. The molecule has 0 radical (unpaired) electrons. The van der Waals surface area contributed by atoms with Gasteiger partial charge in [-0.15, -0.1) is 0 Å². The average Bonchev–Trinajstić information content (AvgIpc) is 2.28. The van der Waals surface area contributed by atoms with Crippen molar-refractivity contribution in [2.45, 2.75) is 26.3 Å². The Morgan fingerprint density at radius 1 is 1.56 bits per heavy atom. The number of anilines is 1. The second-order valence-corrected chi connectivity index (χ2v) is 4.18. The molecule has 1 N–H and O–H groups in total. The molecular weight excluding hydrogens is 235 g/mol. The summed E-state index contributed by atoms with van der Waals surface area (Å²) in [5, 5.41) is 17.7. The van der Waals surface area contributed by atoms with Gasteiger partial charge >= 0.3 is 5.97 Å². The molecule has 0 aromatic heterocycles. The van der Waals surface area contributed by atoms with Crippen LogP contribution in [0.15, 0.2) is 18.2 Å². The lowest BCUT2D eigenvalue weighted by Crippen LogP contribution is -2.33. The van der Waals surface area contributed by atoms with Gasteiger partial charge < -0.3 is 10.0 Å². The van der Waals surface area contributed by atoms with Crippen molar-refractivity contribution in [1.29, 1.82) is 5.26 Å². The molecule has 96 valence electrons. The summed E-state index contributed by atoms with van der Waals surface area (Å²) in [6.07, 6.45) is -0.0560. The normalized spacial score (nSPS) is 10.2. The highest BCUT2D eigenvalue weighted by atomic mass is 19.1. The predicted molar refractivity (Wildman–Crippen MR) is 65.8 cm³/mol. The molecular formula is C13H15FN2O2. The molecule has 1 aromatic carbocycles. The lowest BCUT2D eigenvalue weighted by molar-refractivity contribution is -0.136. The minimum absolute atomic E-state index is 0.0155. The molecule has 0 fully saturated rings. The van der Waals surface area contributed by atoms with E-state index in [-0.39, 0.29) is 24.6 Å². The third-order valence-electron chi connectivity index (χ3n) is 2.60. The number of halogens is 1. The molecule has 0 bridgehead atoms. The standard InChI is InChI=1S/C13H15FN2O2/c1-9(2)16(7-6-13(17)18)12-5-3-4-11(14)10(12)8-15/h3-5,9H,6-7H2,1-2H3,(H,17,18). The molecule has 0 amide bonds. The molecule has 0 atom stereocenters. The second kappa shape index (κ2) is 6.01. The SMILES string of the molecule is CC(C)N(CCC(=O)O)c1cccc(F)c1C#N. The maximum atomic E-state index is 13.5. The average molecular weight is 250 g/mol. The Balaban J connectivity index is 3.10. The van der Waals surface area contributed by atoms with E-state index in [1.54, 1.807) is 11.0 Å². The van der Waals surface area contributed by atoms with Crippen LogP contribution < -0.4 is 4.90 Å². The number of benzene rings is 1. The van der Waals surface area contributed by atoms with Crippen LogP contribution in [0.2, 0.25) is 0 Å². The van der Waals surface area contributed by atoms with E-state index in [9.17, 15) is 9.18 Å². The molecule has 0 aliphatic heterocycles. The zero-order valence-electron chi connectivity index (χ0n) is 10.4. The first-order valence-corrected chi connectivity index (χ1v) is 5.64. The van der Waals surface area contributed by atoms with Gasteiger partial charge in [0.25, 0.3) is 0 Å². The minimum Gasteiger partial charge on any atom is -0.481 e. The van der Waals surface area contributed by atoms with Gasteiger partial charge in [0.05, 0.1) is 12.1 Å². The zero-order valence-corrected chi connectivity index (χ0v) is 10.4. The van der Waals surface area contributed by atoms with Crippen LogP contribution in [0.5, 0.6) is 0 Å². The van der Waals surface area contributed by atoms with E-state index in [0.29, 0.717) is 5.69 Å². The van der Waals surface area contributed by atoms with Crippen LogP contribution in [0.3, 0.4) is 0 Å². The lowest BCUT2D eigenvalue weighted by atomic mass is 10.1. The fourth-order valence-electron chi connectivity index (χ4n) is 1.74. The second-order valence-electron chi connectivity index (χ2n) is 4.18. The van der Waals surface area contributed by atoms with Crippen LogP contribution in [0.4, 0.5) is 10.1 Å². The van der Waals surface area contributed by atoms with Crippen LogP contribution in [0, 0.1) is 17.1 Å².